The van der Waals surface area contributed by atoms with Crippen LogP contribution in [0.4, 0.5) is 0 Å². The van der Waals surface area contributed by atoms with Crippen LogP contribution in [0, 0.1) is 5.41 Å². The van der Waals surface area contributed by atoms with Crippen molar-refractivity contribution in [2.45, 2.75) is 32.1 Å². The summed E-state index contributed by atoms with van der Waals surface area (Å²) in [5.41, 5.74) is -0.160. The molecule has 1 aromatic rings. The van der Waals surface area contributed by atoms with Crippen LogP contribution >= 0.6 is 11.3 Å². The monoisotopic (exact) mass is 291 g/mol. The SMILES string of the molecule is CCC(C)(C)CNS(=O)(=O)c1ccsc1C(=O)O. The molecule has 102 valence electrons. The average molecular weight is 291 g/mol. The molecule has 0 amide bonds. The molecule has 0 bridgehead atoms. The van der Waals surface area contributed by atoms with E-state index in [1.165, 1.54) is 11.4 Å². The van der Waals surface area contributed by atoms with E-state index in [1.807, 2.05) is 20.8 Å². The second-order valence-corrected chi connectivity index (χ2v) is 7.41. The van der Waals surface area contributed by atoms with Crippen LogP contribution in [0.5, 0.6) is 0 Å². The predicted octanol–water partition coefficient (Wildman–Crippen LogP) is 2.16. The van der Waals surface area contributed by atoms with Crippen LogP contribution in [0.25, 0.3) is 0 Å². The fourth-order valence-corrected chi connectivity index (χ4v) is 3.66. The van der Waals surface area contributed by atoms with Crippen molar-refractivity contribution < 1.29 is 18.3 Å². The van der Waals surface area contributed by atoms with Crippen LogP contribution in [0.3, 0.4) is 0 Å². The lowest BCUT2D eigenvalue weighted by atomic mass is 9.91. The predicted molar refractivity (Wildman–Crippen MR) is 70.5 cm³/mol. The van der Waals surface area contributed by atoms with E-state index >= 15 is 0 Å². The van der Waals surface area contributed by atoms with Gasteiger partial charge in [-0.3, -0.25) is 0 Å². The molecule has 0 unspecified atom stereocenters. The summed E-state index contributed by atoms with van der Waals surface area (Å²) >= 11 is 0.905. The van der Waals surface area contributed by atoms with Gasteiger partial charge in [-0.2, -0.15) is 0 Å². The van der Waals surface area contributed by atoms with E-state index in [4.69, 9.17) is 5.11 Å². The van der Waals surface area contributed by atoms with E-state index in [-0.39, 0.29) is 21.7 Å². The molecule has 5 nitrogen and oxygen atoms in total. The first-order valence-electron chi connectivity index (χ1n) is 5.50. The van der Waals surface area contributed by atoms with Gasteiger partial charge in [0, 0.05) is 6.54 Å². The number of carboxylic acid groups (broad SMARTS) is 1. The van der Waals surface area contributed by atoms with E-state index in [0.29, 0.717) is 0 Å². The molecule has 0 saturated carbocycles. The Labute approximate surface area is 111 Å². The van der Waals surface area contributed by atoms with Gasteiger partial charge in [0.05, 0.1) is 0 Å². The summed E-state index contributed by atoms with van der Waals surface area (Å²) in [6.45, 7) is 6.14. The molecule has 1 rings (SSSR count). The lowest BCUT2D eigenvalue weighted by Gasteiger charge is -2.22. The number of rotatable bonds is 6. The molecule has 1 aromatic heterocycles. The largest absolute Gasteiger partial charge is 0.477 e. The number of sulfonamides is 1. The van der Waals surface area contributed by atoms with Gasteiger partial charge in [0.1, 0.15) is 9.77 Å². The first-order valence-corrected chi connectivity index (χ1v) is 7.86. The first kappa shape index (κ1) is 15.1. The summed E-state index contributed by atoms with van der Waals surface area (Å²) in [6.07, 6.45) is 0.824. The van der Waals surface area contributed by atoms with E-state index in [1.54, 1.807) is 0 Å². The zero-order chi connectivity index (χ0) is 14.0. The van der Waals surface area contributed by atoms with Crippen LogP contribution in [-0.2, 0) is 10.0 Å². The summed E-state index contributed by atoms with van der Waals surface area (Å²) in [4.78, 5) is 10.6. The van der Waals surface area contributed by atoms with Crippen molar-refractivity contribution in [2.75, 3.05) is 6.54 Å². The van der Waals surface area contributed by atoms with Crippen molar-refractivity contribution in [1.82, 2.24) is 4.72 Å². The number of carbonyl (C=O) groups is 1. The summed E-state index contributed by atoms with van der Waals surface area (Å²) in [5, 5.41) is 10.4. The van der Waals surface area contributed by atoms with Gasteiger partial charge in [-0.25, -0.2) is 17.9 Å². The molecule has 0 radical (unpaired) electrons. The maximum absolute atomic E-state index is 12.0. The van der Waals surface area contributed by atoms with Crippen LogP contribution in [-0.4, -0.2) is 26.0 Å². The van der Waals surface area contributed by atoms with Crippen LogP contribution in [0.2, 0.25) is 0 Å². The van der Waals surface area contributed by atoms with Crippen molar-refractivity contribution >= 4 is 27.3 Å². The molecule has 0 aliphatic rings. The van der Waals surface area contributed by atoms with Crippen molar-refractivity contribution in [3.8, 4) is 0 Å². The Kier molecular flexibility index (Phi) is 4.52. The van der Waals surface area contributed by atoms with Crippen molar-refractivity contribution in [3.05, 3.63) is 16.3 Å². The molecule has 0 saturated heterocycles. The molecule has 1 heterocycles. The highest BCUT2D eigenvalue weighted by molar-refractivity contribution is 7.89. The molecule has 0 atom stereocenters. The third-order valence-corrected chi connectivity index (χ3v) is 5.29. The Bertz CT molecular complexity index is 531. The van der Waals surface area contributed by atoms with E-state index in [2.05, 4.69) is 4.72 Å². The standard InChI is InChI=1S/C11H17NO4S2/c1-4-11(2,3)7-12-18(15,16)8-5-6-17-9(8)10(13)14/h5-6,12H,4,7H2,1-3H3,(H,13,14). The lowest BCUT2D eigenvalue weighted by molar-refractivity contribution is 0.0698. The highest BCUT2D eigenvalue weighted by Gasteiger charge is 2.26. The second kappa shape index (κ2) is 5.38. The Balaban J connectivity index is 2.94. The molecular formula is C11H17NO4S2. The van der Waals surface area contributed by atoms with Gasteiger partial charge < -0.3 is 5.11 Å². The molecule has 2 N–H and O–H groups in total. The number of hydrogen-bond donors (Lipinski definition) is 2. The van der Waals surface area contributed by atoms with Gasteiger partial charge >= 0.3 is 5.97 Å². The van der Waals surface area contributed by atoms with Crippen molar-refractivity contribution in [2.24, 2.45) is 5.41 Å². The molecule has 0 aliphatic heterocycles. The highest BCUT2D eigenvalue weighted by atomic mass is 32.2. The van der Waals surface area contributed by atoms with Gasteiger partial charge in [-0.05, 0) is 23.3 Å². The van der Waals surface area contributed by atoms with E-state index in [9.17, 15) is 13.2 Å². The van der Waals surface area contributed by atoms with Gasteiger partial charge in [0.25, 0.3) is 0 Å². The fourth-order valence-electron chi connectivity index (χ4n) is 1.16. The second-order valence-electron chi connectivity index (χ2n) is 4.76. The van der Waals surface area contributed by atoms with Crippen molar-refractivity contribution in [1.29, 1.82) is 0 Å². The number of thiophene rings is 1. The topological polar surface area (TPSA) is 83.5 Å². The van der Waals surface area contributed by atoms with Gasteiger partial charge in [0.15, 0.2) is 0 Å². The van der Waals surface area contributed by atoms with Gasteiger partial charge in [-0.1, -0.05) is 20.8 Å². The van der Waals surface area contributed by atoms with Crippen molar-refractivity contribution in [3.63, 3.8) is 0 Å². The molecular weight excluding hydrogens is 274 g/mol. The summed E-state index contributed by atoms with van der Waals surface area (Å²) in [6, 6.07) is 1.31. The van der Waals surface area contributed by atoms with Gasteiger partial charge in [0.2, 0.25) is 10.0 Å². The van der Waals surface area contributed by atoms with E-state index < -0.39 is 16.0 Å². The summed E-state index contributed by atoms with van der Waals surface area (Å²) in [7, 11) is -3.76. The number of nitrogens with one attached hydrogen (secondary N) is 1. The minimum absolute atomic E-state index is 0.156. The zero-order valence-electron chi connectivity index (χ0n) is 10.6. The smallest absolute Gasteiger partial charge is 0.347 e. The normalized spacial score (nSPS) is 12.6. The highest BCUT2D eigenvalue weighted by Crippen LogP contribution is 2.23. The molecule has 7 heteroatoms. The minimum atomic E-state index is -3.76. The summed E-state index contributed by atoms with van der Waals surface area (Å²) in [5.74, 6) is -1.22. The summed E-state index contributed by atoms with van der Waals surface area (Å²) < 4.78 is 26.5. The molecule has 0 spiro atoms. The third-order valence-electron chi connectivity index (χ3n) is 2.81. The number of hydrogen-bond acceptors (Lipinski definition) is 4. The molecule has 18 heavy (non-hydrogen) atoms. The fraction of sp³-hybridized carbons (Fsp3) is 0.545. The molecule has 0 aromatic carbocycles. The third kappa shape index (κ3) is 3.54. The quantitative estimate of drug-likeness (QED) is 0.841. The lowest BCUT2D eigenvalue weighted by Crippen LogP contribution is -2.34. The van der Waals surface area contributed by atoms with Crippen LogP contribution < -0.4 is 4.72 Å². The Morgan fingerprint density at radius 2 is 2.11 bits per heavy atom. The molecule has 0 aliphatic carbocycles. The van der Waals surface area contributed by atoms with Crippen LogP contribution in [0.1, 0.15) is 36.9 Å². The average Bonchev–Trinajstić information content (AvgIpc) is 2.76. The molecule has 0 fully saturated rings. The Morgan fingerprint density at radius 3 is 2.61 bits per heavy atom. The van der Waals surface area contributed by atoms with Crippen LogP contribution in [0.15, 0.2) is 16.3 Å². The van der Waals surface area contributed by atoms with E-state index in [0.717, 1.165) is 17.8 Å². The number of aromatic carboxylic acids is 1. The van der Waals surface area contributed by atoms with Gasteiger partial charge in [-0.15, -0.1) is 11.3 Å². The maximum atomic E-state index is 12.0. The Hall–Kier alpha value is -0.920. The minimum Gasteiger partial charge on any atom is -0.477 e. The maximum Gasteiger partial charge on any atom is 0.347 e. The number of carboxylic acids is 1. The first-order chi connectivity index (χ1) is 8.19. The zero-order valence-corrected chi connectivity index (χ0v) is 12.2. The Morgan fingerprint density at radius 1 is 1.50 bits per heavy atom.